The third-order valence-electron chi connectivity index (χ3n) is 3.40. The molecule has 19 heavy (non-hydrogen) atoms. The summed E-state index contributed by atoms with van der Waals surface area (Å²) >= 11 is 0. The lowest BCUT2D eigenvalue weighted by Crippen LogP contribution is -2.31. The van der Waals surface area contributed by atoms with Crippen molar-refractivity contribution in [1.82, 2.24) is 4.90 Å². The van der Waals surface area contributed by atoms with Gasteiger partial charge in [-0.3, -0.25) is 9.69 Å². The standard InChI is InChI=1S/C15H23NO3/c1-5-14(16(3)10-11(2)15(17)18)12-6-8-13(19-4)9-7-12/h6-9,11,14H,5,10H2,1-4H3,(H,17,18). The molecule has 106 valence electrons. The number of methoxy groups -OCH3 is 1. The first-order valence-electron chi connectivity index (χ1n) is 6.56. The van der Waals surface area contributed by atoms with Gasteiger partial charge in [0.2, 0.25) is 0 Å². The van der Waals surface area contributed by atoms with Gasteiger partial charge < -0.3 is 9.84 Å². The SMILES string of the molecule is CCC(c1ccc(OC)cc1)N(C)CC(C)C(=O)O. The van der Waals surface area contributed by atoms with E-state index in [0.717, 1.165) is 12.2 Å². The van der Waals surface area contributed by atoms with Crippen LogP contribution in [0.4, 0.5) is 0 Å². The van der Waals surface area contributed by atoms with E-state index in [1.165, 1.54) is 5.56 Å². The molecule has 1 aromatic rings. The topological polar surface area (TPSA) is 49.8 Å². The summed E-state index contributed by atoms with van der Waals surface area (Å²) in [5.41, 5.74) is 1.18. The van der Waals surface area contributed by atoms with Crippen molar-refractivity contribution in [3.63, 3.8) is 0 Å². The Labute approximate surface area is 115 Å². The molecular formula is C15H23NO3. The van der Waals surface area contributed by atoms with Crippen LogP contribution in [0.1, 0.15) is 31.9 Å². The van der Waals surface area contributed by atoms with Crippen LogP contribution in [0.5, 0.6) is 5.75 Å². The number of ether oxygens (including phenoxy) is 1. The van der Waals surface area contributed by atoms with E-state index in [0.29, 0.717) is 6.54 Å². The van der Waals surface area contributed by atoms with Crippen LogP contribution in [-0.2, 0) is 4.79 Å². The van der Waals surface area contributed by atoms with Gasteiger partial charge in [-0.25, -0.2) is 0 Å². The monoisotopic (exact) mass is 265 g/mol. The van der Waals surface area contributed by atoms with Gasteiger partial charge in [-0.05, 0) is 31.2 Å². The number of carbonyl (C=O) groups is 1. The predicted molar refractivity (Wildman–Crippen MR) is 75.5 cm³/mol. The molecule has 0 spiro atoms. The van der Waals surface area contributed by atoms with Crippen LogP contribution in [0, 0.1) is 5.92 Å². The van der Waals surface area contributed by atoms with Crippen molar-refractivity contribution < 1.29 is 14.6 Å². The van der Waals surface area contributed by atoms with Crippen molar-refractivity contribution in [3.8, 4) is 5.75 Å². The fraction of sp³-hybridized carbons (Fsp3) is 0.533. The Morgan fingerprint density at radius 1 is 1.37 bits per heavy atom. The van der Waals surface area contributed by atoms with Gasteiger partial charge >= 0.3 is 5.97 Å². The largest absolute Gasteiger partial charge is 0.497 e. The molecule has 0 aromatic heterocycles. The summed E-state index contributed by atoms with van der Waals surface area (Å²) in [5.74, 6) is -0.283. The zero-order chi connectivity index (χ0) is 14.4. The van der Waals surface area contributed by atoms with Gasteiger partial charge in [-0.15, -0.1) is 0 Å². The molecule has 0 saturated carbocycles. The second-order valence-electron chi connectivity index (χ2n) is 4.88. The number of nitrogens with zero attached hydrogens (tertiary/aromatic N) is 1. The van der Waals surface area contributed by atoms with E-state index in [2.05, 4.69) is 11.8 Å². The van der Waals surface area contributed by atoms with Crippen molar-refractivity contribution in [2.75, 3.05) is 20.7 Å². The van der Waals surface area contributed by atoms with E-state index in [9.17, 15) is 4.79 Å². The summed E-state index contributed by atoms with van der Waals surface area (Å²) in [4.78, 5) is 13.0. The molecule has 0 amide bonds. The second-order valence-corrected chi connectivity index (χ2v) is 4.88. The number of rotatable bonds is 7. The van der Waals surface area contributed by atoms with Crippen LogP contribution >= 0.6 is 0 Å². The minimum absolute atomic E-state index is 0.229. The molecule has 1 rings (SSSR count). The molecule has 2 atom stereocenters. The summed E-state index contributed by atoms with van der Waals surface area (Å²) in [5, 5.41) is 8.98. The molecule has 4 heteroatoms. The van der Waals surface area contributed by atoms with E-state index < -0.39 is 5.97 Å². The Kier molecular flexibility index (Phi) is 5.83. The first-order chi connectivity index (χ1) is 8.99. The molecule has 0 saturated heterocycles. The van der Waals surface area contributed by atoms with Crippen LogP contribution < -0.4 is 4.74 Å². The van der Waals surface area contributed by atoms with Crippen LogP contribution in [0.2, 0.25) is 0 Å². The average Bonchev–Trinajstić information content (AvgIpc) is 2.40. The van der Waals surface area contributed by atoms with Gasteiger partial charge in [0.15, 0.2) is 0 Å². The molecule has 0 aliphatic carbocycles. The Morgan fingerprint density at radius 2 is 1.95 bits per heavy atom. The zero-order valence-electron chi connectivity index (χ0n) is 12.1. The van der Waals surface area contributed by atoms with E-state index in [1.807, 2.05) is 31.3 Å². The van der Waals surface area contributed by atoms with Crippen LogP contribution in [-0.4, -0.2) is 36.7 Å². The molecule has 0 heterocycles. The first-order valence-corrected chi connectivity index (χ1v) is 6.56. The Morgan fingerprint density at radius 3 is 2.37 bits per heavy atom. The maximum absolute atomic E-state index is 10.9. The second kappa shape index (κ2) is 7.14. The fourth-order valence-corrected chi connectivity index (χ4v) is 2.27. The van der Waals surface area contributed by atoms with E-state index in [-0.39, 0.29) is 12.0 Å². The first kappa shape index (κ1) is 15.5. The van der Waals surface area contributed by atoms with Gasteiger partial charge in [-0.2, -0.15) is 0 Å². The lowest BCUT2D eigenvalue weighted by atomic mass is 10.0. The summed E-state index contributed by atoms with van der Waals surface area (Å²) in [7, 11) is 3.62. The molecular weight excluding hydrogens is 242 g/mol. The lowest BCUT2D eigenvalue weighted by Gasteiger charge is -2.29. The molecule has 4 nitrogen and oxygen atoms in total. The Bertz CT molecular complexity index is 402. The van der Waals surface area contributed by atoms with Crippen molar-refractivity contribution >= 4 is 5.97 Å². The van der Waals surface area contributed by atoms with Crippen LogP contribution in [0.25, 0.3) is 0 Å². The third-order valence-corrected chi connectivity index (χ3v) is 3.40. The number of benzene rings is 1. The molecule has 1 N–H and O–H groups in total. The molecule has 0 aliphatic heterocycles. The van der Waals surface area contributed by atoms with Crippen molar-refractivity contribution in [2.45, 2.75) is 26.3 Å². The number of hydrogen-bond acceptors (Lipinski definition) is 3. The van der Waals surface area contributed by atoms with Crippen molar-refractivity contribution in [2.24, 2.45) is 5.92 Å². The van der Waals surface area contributed by atoms with E-state index in [4.69, 9.17) is 9.84 Å². The zero-order valence-corrected chi connectivity index (χ0v) is 12.1. The fourth-order valence-electron chi connectivity index (χ4n) is 2.27. The number of aliphatic carboxylic acids is 1. The average molecular weight is 265 g/mol. The van der Waals surface area contributed by atoms with Crippen molar-refractivity contribution in [3.05, 3.63) is 29.8 Å². The summed E-state index contributed by atoms with van der Waals surface area (Å²) in [6.07, 6.45) is 0.940. The van der Waals surface area contributed by atoms with Crippen LogP contribution in [0.3, 0.4) is 0 Å². The number of hydrogen-bond donors (Lipinski definition) is 1. The highest BCUT2D eigenvalue weighted by Crippen LogP contribution is 2.25. The van der Waals surface area contributed by atoms with Crippen LogP contribution in [0.15, 0.2) is 24.3 Å². The molecule has 0 bridgehead atoms. The lowest BCUT2D eigenvalue weighted by molar-refractivity contribution is -0.141. The molecule has 0 aliphatic rings. The highest BCUT2D eigenvalue weighted by molar-refractivity contribution is 5.69. The predicted octanol–water partition coefficient (Wildman–Crippen LogP) is 2.80. The van der Waals surface area contributed by atoms with Gasteiger partial charge in [0.05, 0.1) is 13.0 Å². The highest BCUT2D eigenvalue weighted by atomic mass is 16.5. The minimum Gasteiger partial charge on any atom is -0.497 e. The van der Waals surface area contributed by atoms with Gasteiger partial charge in [-0.1, -0.05) is 26.0 Å². The Hall–Kier alpha value is -1.55. The maximum Gasteiger partial charge on any atom is 0.307 e. The summed E-state index contributed by atoms with van der Waals surface area (Å²) in [6.45, 7) is 4.39. The number of carboxylic acids is 1. The molecule has 2 unspecified atom stereocenters. The third kappa shape index (κ3) is 4.24. The van der Waals surface area contributed by atoms with E-state index in [1.54, 1.807) is 14.0 Å². The highest BCUT2D eigenvalue weighted by Gasteiger charge is 2.20. The number of carboxylic acid groups (broad SMARTS) is 1. The van der Waals surface area contributed by atoms with Gasteiger partial charge in [0.25, 0.3) is 0 Å². The van der Waals surface area contributed by atoms with Gasteiger partial charge in [0, 0.05) is 12.6 Å². The minimum atomic E-state index is -0.753. The normalized spacial score (nSPS) is 14.2. The quantitative estimate of drug-likeness (QED) is 0.823. The van der Waals surface area contributed by atoms with Crippen molar-refractivity contribution in [1.29, 1.82) is 0 Å². The summed E-state index contributed by atoms with van der Waals surface area (Å²) in [6, 6.07) is 8.18. The molecule has 1 aromatic carbocycles. The molecule has 0 fully saturated rings. The molecule has 0 radical (unpaired) electrons. The maximum atomic E-state index is 10.9. The van der Waals surface area contributed by atoms with Gasteiger partial charge in [0.1, 0.15) is 5.75 Å². The Balaban J connectivity index is 2.77. The summed E-state index contributed by atoms with van der Waals surface area (Å²) < 4.78 is 5.15. The van der Waals surface area contributed by atoms with E-state index >= 15 is 0 Å². The smallest absolute Gasteiger partial charge is 0.307 e.